The zero-order valence-corrected chi connectivity index (χ0v) is 14.8. The van der Waals surface area contributed by atoms with Crippen LogP contribution < -0.4 is 20.7 Å². The lowest BCUT2D eigenvalue weighted by Gasteiger charge is -2.36. The monoisotopic (exact) mass is 339 g/mol. The number of carbonyl (C=O) groups is 1. The molecule has 2 aromatic carbocycles. The van der Waals surface area contributed by atoms with Crippen molar-refractivity contribution >= 4 is 23.0 Å². The summed E-state index contributed by atoms with van der Waals surface area (Å²) in [5.74, 6) is 0.353. The number of para-hydroxylation sites is 1. The van der Waals surface area contributed by atoms with Crippen LogP contribution in [0.2, 0.25) is 0 Å². The average Bonchev–Trinajstić information content (AvgIpc) is 2.62. The minimum Gasteiger partial charge on any atom is -0.496 e. The van der Waals surface area contributed by atoms with Gasteiger partial charge in [0.1, 0.15) is 5.75 Å². The molecular weight excluding hydrogens is 314 g/mol. The maximum absolute atomic E-state index is 12.8. The van der Waals surface area contributed by atoms with Crippen LogP contribution in [0.5, 0.6) is 5.75 Å². The van der Waals surface area contributed by atoms with Gasteiger partial charge in [-0.3, -0.25) is 4.79 Å². The van der Waals surface area contributed by atoms with Crippen molar-refractivity contribution < 1.29 is 9.53 Å². The summed E-state index contributed by atoms with van der Waals surface area (Å²) in [6, 6.07) is 13.3. The number of hydrogen-bond acceptors (Lipinski definition) is 4. The Morgan fingerprint density at radius 2 is 2.04 bits per heavy atom. The first-order valence-corrected chi connectivity index (χ1v) is 8.70. The molecule has 0 spiro atoms. The van der Waals surface area contributed by atoms with Gasteiger partial charge in [-0.1, -0.05) is 12.1 Å². The maximum atomic E-state index is 12.8. The van der Waals surface area contributed by atoms with Crippen LogP contribution in [0.1, 0.15) is 36.5 Å². The summed E-state index contributed by atoms with van der Waals surface area (Å²) in [4.78, 5) is 15.1. The Morgan fingerprint density at radius 1 is 1.24 bits per heavy atom. The third-order valence-electron chi connectivity index (χ3n) is 4.73. The lowest BCUT2D eigenvalue weighted by Crippen LogP contribution is -2.38. The van der Waals surface area contributed by atoms with Crippen LogP contribution in [-0.2, 0) is 0 Å². The minimum atomic E-state index is -0.200. The summed E-state index contributed by atoms with van der Waals surface area (Å²) in [7, 11) is 1.56. The van der Waals surface area contributed by atoms with Gasteiger partial charge in [0.2, 0.25) is 0 Å². The molecule has 0 aliphatic carbocycles. The Bertz CT molecular complexity index is 760. The standard InChI is InChI=1S/C20H25N3O2/c1-14-7-5-6-12-23(14)18-11-10-15(21)13-17(18)22-20(24)16-8-3-4-9-19(16)25-2/h3-4,8-11,13-14H,5-7,12,21H2,1-2H3,(H,22,24). The zero-order chi connectivity index (χ0) is 17.8. The van der Waals surface area contributed by atoms with Crippen LogP contribution in [0, 0.1) is 0 Å². The molecule has 0 aromatic heterocycles. The number of amides is 1. The van der Waals surface area contributed by atoms with Gasteiger partial charge in [0.05, 0.1) is 24.0 Å². The molecule has 0 bridgehead atoms. The number of benzene rings is 2. The van der Waals surface area contributed by atoms with Crippen molar-refractivity contribution in [3.05, 3.63) is 48.0 Å². The number of anilines is 3. The molecule has 1 aliphatic heterocycles. The molecular formula is C20H25N3O2. The number of carbonyl (C=O) groups excluding carboxylic acids is 1. The van der Waals surface area contributed by atoms with E-state index in [9.17, 15) is 4.79 Å². The fourth-order valence-corrected chi connectivity index (χ4v) is 3.38. The van der Waals surface area contributed by atoms with Crippen LogP contribution >= 0.6 is 0 Å². The van der Waals surface area contributed by atoms with Crippen LogP contribution in [0.15, 0.2) is 42.5 Å². The third-order valence-corrected chi connectivity index (χ3v) is 4.73. The number of nitrogens with zero attached hydrogens (tertiary/aromatic N) is 1. The molecule has 5 heteroatoms. The molecule has 5 nitrogen and oxygen atoms in total. The molecule has 132 valence electrons. The minimum absolute atomic E-state index is 0.200. The molecule has 1 atom stereocenters. The molecule has 1 heterocycles. The smallest absolute Gasteiger partial charge is 0.259 e. The van der Waals surface area contributed by atoms with Gasteiger partial charge in [-0.15, -0.1) is 0 Å². The lowest BCUT2D eigenvalue weighted by molar-refractivity contribution is 0.102. The van der Waals surface area contributed by atoms with Crippen molar-refractivity contribution in [1.82, 2.24) is 0 Å². The second-order valence-electron chi connectivity index (χ2n) is 6.47. The first-order valence-electron chi connectivity index (χ1n) is 8.70. The van der Waals surface area contributed by atoms with Crippen molar-refractivity contribution in [2.75, 3.05) is 29.6 Å². The molecule has 1 amide bonds. The van der Waals surface area contributed by atoms with E-state index in [4.69, 9.17) is 10.5 Å². The van der Waals surface area contributed by atoms with Crippen LogP contribution in [0.25, 0.3) is 0 Å². The van der Waals surface area contributed by atoms with Crippen LogP contribution in [-0.4, -0.2) is 25.6 Å². The second kappa shape index (κ2) is 7.47. The summed E-state index contributed by atoms with van der Waals surface area (Å²) >= 11 is 0. The van der Waals surface area contributed by atoms with Gasteiger partial charge in [-0.2, -0.15) is 0 Å². The van der Waals surface area contributed by atoms with Crippen molar-refractivity contribution in [2.24, 2.45) is 0 Å². The quantitative estimate of drug-likeness (QED) is 0.829. The fourth-order valence-electron chi connectivity index (χ4n) is 3.38. The molecule has 3 rings (SSSR count). The third kappa shape index (κ3) is 3.71. The molecule has 1 unspecified atom stereocenters. The number of nitrogen functional groups attached to an aromatic ring is 1. The Labute approximate surface area is 148 Å². The highest BCUT2D eigenvalue weighted by atomic mass is 16.5. The Kier molecular flexibility index (Phi) is 5.12. The van der Waals surface area contributed by atoms with E-state index in [0.29, 0.717) is 23.0 Å². The van der Waals surface area contributed by atoms with E-state index >= 15 is 0 Å². The largest absolute Gasteiger partial charge is 0.496 e. The van der Waals surface area contributed by atoms with E-state index in [1.54, 1.807) is 19.2 Å². The van der Waals surface area contributed by atoms with Crippen molar-refractivity contribution in [2.45, 2.75) is 32.2 Å². The van der Waals surface area contributed by atoms with Gasteiger partial charge >= 0.3 is 0 Å². The van der Waals surface area contributed by atoms with E-state index in [0.717, 1.165) is 30.8 Å². The molecule has 2 aromatic rings. The van der Waals surface area contributed by atoms with Gasteiger partial charge in [0.15, 0.2) is 0 Å². The number of methoxy groups -OCH3 is 1. The Hall–Kier alpha value is -2.69. The average molecular weight is 339 g/mol. The topological polar surface area (TPSA) is 67.6 Å². The van der Waals surface area contributed by atoms with E-state index in [-0.39, 0.29) is 5.91 Å². The van der Waals surface area contributed by atoms with E-state index < -0.39 is 0 Å². The van der Waals surface area contributed by atoms with Crippen LogP contribution in [0.4, 0.5) is 17.1 Å². The highest BCUT2D eigenvalue weighted by molar-refractivity contribution is 6.08. The van der Waals surface area contributed by atoms with Crippen molar-refractivity contribution in [3.8, 4) is 5.75 Å². The number of nitrogens with two attached hydrogens (primary N) is 1. The van der Waals surface area contributed by atoms with Crippen molar-refractivity contribution in [1.29, 1.82) is 0 Å². The number of rotatable bonds is 4. The molecule has 25 heavy (non-hydrogen) atoms. The summed E-state index contributed by atoms with van der Waals surface area (Å²) in [5, 5.41) is 3.02. The van der Waals surface area contributed by atoms with Gasteiger partial charge in [-0.25, -0.2) is 0 Å². The van der Waals surface area contributed by atoms with Crippen molar-refractivity contribution in [3.63, 3.8) is 0 Å². The summed E-state index contributed by atoms with van der Waals surface area (Å²) in [6.07, 6.45) is 3.56. The van der Waals surface area contributed by atoms with Crippen LogP contribution in [0.3, 0.4) is 0 Å². The Morgan fingerprint density at radius 3 is 2.80 bits per heavy atom. The number of nitrogens with one attached hydrogen (secondary N) is 1. The molecule has 1 fully saturated rings. The second-order valence-corrected chi connectivity index (χ2v) is 6.47. The van der Waals surface area contributed by atoms with Gasteiger partial charge < -0.3 is 20.7 Å². The SMILES string of the molecule is COc1ccccc1C(=O)Nc1cc(N)ccc1N1CCCCC1C. The first kappa shape index (κ1) is 17.1. The zero-order valence-electron chi connectivity index (χ0n) is 14.8. The summed E-state index contributed by atoms with van der Waals surface area (Å²) < 4.78 is 5.30. The molecule has 0 radical (unpaired) electrons. The summed E-state index contributed by atoms with van der Waals surface area (Å²) in [6.45, 7) is 3.21. The highest BCUT2D eigenvalue weighted by Gasteiger charge is 2.22. The predicted molar refractivity (Wildman–Crippen MR) is 102 cm³/mol. The van der Waals surface area contributed by atoms with Gasteiger partial charge in [-0.05, 0) is 56.5 Å². The number of piperidine rings is 1. The maximum Gasteiger partial charge on any atom is 0.259 e. The molecule has 0 saturated carbocycles. The number of hydrogen-bond donors (Lipinski definition) is 2. The molecule has 1 aliphatic rings. The van der Waals surface area contributed by atoms with E-state index in [1.807, 2.05) is 30.3 Å². The van der Waals surface area contributed by atoms with E-state index in [1.165, 1.54) is 6.42 Å². The lowest BCUT2D eigenvalue weighted by atomic mass is 10.0. The Balaban J connectivity index is 1.91. The summed E-state index contributed by atoms with van der Waals surface area (Å²) in [5.41, 5.74) is 8.86. The molecule has 1 saturated heterocycles. The first-order chi connectivity index (χ1) is 12.1. The van der Waals surface area contributed by atoms with E-state index in [2.05, 4.69) is 17.1 Å². The van der Waals surface area contributed by atoms with Gasteiger partial charge in [0, 0.05) is 18.3 Å². The molecule has 3 N–H and O–H groups in total. The fraction of sp³-hybridized carbons (Fsp3) is 0.350. The normalized spacial score (nSPS) is 17.2. The van der Waals surface area contributed by atoms with Gasteiger partial charge in [0.25, 0.3) is 5.91 Å². The number of ether oxygens (including phenoxy) is 1. The predicted octanol–water partition coefficient (Wildman–Crippen LogP) is 3.91. The highest BCUT2D eigenvalue weighted by Crippen LogP contribution is 2.33.